The van der Waals surface area contributed by atoms with Crippen LogP contribution in [0.3, 0.4) is 0 Å². The second-order valence-electron chi connectivity index (χ2n) is 6.37. The lowest BCUT2D eigenvalue weighted by molar-refractivity contribution is -0.385. The second kappa shape index (κ2) is 8.99. The smallest absolute Gasteiger partial charge is 0.373 e. The molecule has 0 unspecified atom stereocenters. The maximum atomic E-state index is 12.2. The van der Waals surface area contributed by atoms with Crippen LogP contribution >= 0.6 is 0 Å². The number of nitrogens with one attached hydrogen (secondary N) is 1. The summed E-state index contributed by atoms with van der Waals surface area (Å²) in [6.07, 6.45) is 1.15. The third-order valence-corrected chi connectivity index (χ3v) is 4.34. The molecule has 2 aromatic carbocycles. The van der Waals surface area contributed by atoms with E-state index in [1.54, 1.807) is 43.3 Å². The van der Waals surface area contributed by atoms with E-state index in [0.29, 0.717) is 11.4 Å². The predicted octanol–water partition coefficient (Wildman–Crippen LogP) is 4.71. The average Bonchev–Trinajstić information content (AvgIpc) is 2.71. The van der Waals surface area contributed by atoms with Crippen molar-refractivity contribution in [1.82, 2.24) is 9.97 Å². The quantitative estimate of drug-likeness (QED) is 0.339. The monoisotopic (exact) mass is 408 g/mol. The van der Waals surface area contributed by atoms with E-state index < -0.39 is 16.6 Å². The summed E-state index contributed by atoms with van der Waals surface area (Å²) in [5, 5.41) is 14.6. The summed E-state index contributed by atoms with van der Waals surface area (Å²) in [5.41, 5.74) is 2.14. The lowest BCUT2D eigenvalue weighted by atomic mass is 10.1. The summed E-state index contributed by atoms with van der Waals surface area (Å²) in [6.45, 7) is 5.76. The van der Waals surface area contributed by atoms with Gasteiger partial charge >= 0.3 is 17.5 Å². The molecule has 3 aromatic rings. The number of carbonyl (C=O) groups is 1. The van der Waals surface area contributed by atoms with Crippen molar-refractivity contribution in [3.63, 3.8) is 0 Å². The number of hydrogen-bond donors (Lipinski definition) is 1. The zero-order chi connectivity index (χ0) is 21.7. The molecule has 1 heterocycles. The van der Waals surface area contributed by atoms with Crippen LogP contribution in [0.25, 0.3) is 0 Å². The van der Waals surface area contributed by atoms with E-state index in [2.05, 4.69) is 15.3 Å². The Kier molecular flexibility index (Phi) is 6.21. The van der Waals surface area contributed by atoms with Crippen LogP contribution in [0.5, 0.6) is 11.6 Å². The van der Waals surface area contributed by atoms with Crippen molar-refractivity contribution < 1.29 is 19.2 Å². The number of nitrogens with zero attached hydrogens (tertiary/aromatic N) is 3. The van der Waals surface area contributed by atoms with Gasteiger partial charge in [-0.1, -0.05) is 18.2 Å². The van der Waals surface area contributed by atoms with Crippen LogP contribution in [0.1, 0.15) is 28.4 Å². The standard InChI is InChI=1S/C21H20N4O5/c1-4-29-21(26)16-7-5-6-8-17(16)24-19-18(25(27)28)20(23-12-22-19)30-15-10-9-13(2)14(3)11-15/h5-12H,4H2,1-3H3,(H,22,23,24). The second-order valence-corrected chi connectivity index (χ2v) is 6.37. The van der Waals surface area contributed by atoms with Crippen LogP contribution in [0, 0.1) is 24.0 Å². The highest BCUT2D eigenvalue weighted by molar-refractivity contribution is 5.96. The van der Waals surface area contributed by atoms with Crippen LogP contribution in [-0.4, -0.2) is 27.5 Å². The summed E-state index contributed by atoms with van der Waals surface area (Å²) < 4.78 is 10.7. The third kappa shape index (κ3) is 4.52. The molecule has 0 aliphatic heterocycles. The van der Waals surface area contributed by atoms with Crippen molar-refractivity contribution in [2.24, 2.45) is 0 Å². The molecule has 1 N–H and O–H groups in total. The summed E-state index contributed by atoms with van der Waals surface area (Å²) in [4.78, 5) is 31.2. The van der Waals surface area contributed by atoms with E-state index in [1.165, 1.54) is 0 Å². The highest BCUT2D eigenvalue weighted by atomic mass is 16.6. The molecule has 0 bridgehead atoms. The van der Waals surface area contributed by atoms with Crippen LogP contribution < -0.4 is 10.1 Å². The number of ether oxygens (including phenoxy) is 2. The Morgan fingerprint density at radius 2 is 1.90 bits per heavy atom. The Balaban J connectivity index is 1.99. The number of hydrogen-bond acceptors (Lipinski definition) is 8. The molecule has 154 valence electrons. The van der Waals surface area contributed by atoms with Crippen LogP contribution in [-0.2, 0) is 4.74 Å². The number of benzene rings is 2. The minimum absolute atomic E-state index is 0.106. The van der Waals surface area contributed by atoms with E-state index in [0.717, 1.165) is 17.5 Å². The molecule has 0 saturated heterocycles. The number of esters is 1. The number of nitro groups is 1. The summed E-state index contributed by atoms with van der Waals surface area (Å²) in [7, 11) is 0. The number of carbonyl (C=O) groups excluding carboxylic acids is 1. The molecule has 3 rings (SSSR count). The molecular weight excluding hydrogens is 388 g/mol. The van der Waals surface area contributed by atoms with Gasteiger partial charge in [0, 0.05) is 0 Å². The van der Waals surface area contributed by atoms with E-state index >= 15 is 0 Å². The van der Waals surface area contributed by atoms with Crippen molar-refractivity contribution in [2.75, 3.05) is 11.9 Å². The van der Waals surface area contributed by atoms with Crippen molar-refractivity contribution >= 4 is 23.2 Å². The van der Waals surface area contributed by atoms with Gasteiger partial charge in [-0.3, -0.25) is 10.1 Å². The Bertz CT molecular complexity index is 1100. The first-order chi connectivity index (χ1) is 14.4. The molecule has 0 aliphatic carbocycles. The normalized spacial score (nSPS) is 10.4. The van der Waals surface area contributed by atoms with Crippen molar-refractivity contribution in [1.29, 1.82) is 0 Å². The SMILES string of the molecule is CCOC(=O)c1ccccc1Nc1ncnc(Oc2ccc(C)c(C)c2)c1[N+](=O)[O-]. The molecule has 0 aliphatic rings. The van der Waals surface area contributed by atoms with Gasteiger partial charge in [-0.2, -0.15) is 4.98 Å². The van der Waals surface area contributed by atoms with Crippen molar-refractivity contribution in [2.45, 2.75) is 20.8 Å². The van der Waals surface area contributed by atoms with E-state index in [4.69, 9.17) is 9.47 Å². The Hall–Kier alpha value is -4.01. The number of aryl methyl sites for hydroxylation is 2. The van der Waals surface area contributed by atoms with Gasteiger partial charge in [0.15, 0.2) is 0 Å². The summed E-state index contributed by atoms with van der Waals surface area (Å²) in [6, 6.07) is 11.8. The fourth-order valence-corrected chi connectivity index (χ4v) is 2.69. The molecule has 0 fully saturated rings. The third-order valence-electron chi connectivity index (χ3n) is 4.34. The van der Waals surface area contributed by atoms with Gasteiger partial charge in [-0.05, 0) is 56.2 Å². The minimum atomic E-state index is -0.633. The molecule has 30 heavy (non-hydrogen) atoms. The van der Waals surface area contributed by atoms with E-state index in [9.17, 15) is 14.9 Å². The number of anilines is 2. The van der Waals surface area contributed by atoms with E-state index in [-0.39, 0.29) is 23.9 Å². The van der Waals surface area contributed by atoms with Crippen LogP contribution in [0.4, 0.5) is 17.2 Å². The lowest BCUT2D eigenvalue weighted by Gasteiger charge is -2.12. The molecule has 0 amide bonds. The zero-order valence-electron chi connectivity index (χ0n) is 16.7. The minimum Gasteiger partial charge on any atom is -0.462 e. The van der Waals surface area contributed by atoms with Gasteiger partial charge in [-0.25, -0.2) is 9.78 Å². The number of rotatable bonds is 7. The topological polar surface area (TPSA) is 116 Å². The summed E-state index contributed by atoms with van der Waals surface area (Å²) in [5.74, 6) is -0.457. The highest BCUT2D eigenvalue weighted by Gasteiger charge is 2.26. The lowest BCUT2D eigenvalue weighted by Crippen LogP contribution is -2.09. The Morgan fingerprint density at radius 1 is 1.13 bits per heavy atom. The number of aromatic nitrogens is 2. The molecule has 9 heteroatoms. The fourth-order valence-electron chi connectivity index (χ4n) is 2.69. The largest absolute Gasteiger partial charge is 0.462 e. The first kappa shape index (κ1) is 20.7. The van der Waals surface area contributed by atoms with Gasteiger partial charge in [0.25, 0.3) is 0 Å². The maximum Gasteiger partial charge on any atom is 0.373 e. The first-order valence-electron chi connectivity index (χ1n) is 9.18. The molecular formula is C21H20N4O5. The van der Waals surface area contributed by atoms with Gasteiger partial charge in [-0.15, -0.1) is 0 Å². The molecule has 0 spiro atoms. The first-order valence-corrected chi connectivity index (χ1v) is 9.18. The van der Waals surface area contributed by atoms with Crippen LogP contribution in [0.2, 0.25) is 0 Å². The predicted molar refractivity (Wildman–Crippen MR) is 110 cm³/mol. The number of para-hydroxylation sites is 1. The van der Waals surface area contributed by atoms with Crippen molar-refractivity contribution in [3.05, 3.63) is 75.6 Å². The zero-order valence-corrected chi connectivity index (χ0v) is 16.7. The van der Waals surface area contributed by atoms with Crippen LogP contribution in [0.15, 0.2) is 48.8 Å². The Morgan fingerprint density at radius 3 is 2.60 bits per heavy atom. The Labute approximate surface area is 172 Å². The molecule has 0 radical (unpaired) electrons. The highest BCUT2D eigenvalue weighted by Crippen LogP contribution is 2.36. The molecule has 0 atom stereocenters. The van der Waals surface area contributed by atoms with Gasteiger partial charge < -0.3 is 14.8 Å². The summed E-state index contributed by atoms with van der Waals surface area (Å²) >= 11 is 0. The molecule has 9 nitrogen and oxygen atoms in total. The molecule has 0 saturated carbocycles. The maximum absolute atomic E-state index is 12.2. The fraction of sp³-hybridized carbons (Fsp3) is 0.190. The van der Waals surface area contributed by atoms with Crippen molar-refractivity contribution in [3.8, 4) is 11.6 Å². The van der Waals surface area contributed by atoms with Gasteiger partial charge in [0.2, 0.25) is 5.82 Å². The molecule has 1 aromatic heterocycles. The van der Waals surface area contributed by atoms with Gasteiger partial charge in [0.05, 0.1) is 22.8 Å². The average molecular weight is 408 g/mol. The van der Waals surface area contributed by atoms with Gasteiger partial charge in [0.1, 0.15) is 12.1 Å². The van der Waals surface area contributed by atoms with E-state index in [1.807, 2.05) is 19.9 Å².